The van der Waals surface area contributed by atoms with Crippen molar-refractivity contribution in [3.05, 3.63) is 244 Å². The van der Waals surface area contributed by atoms with Gasteiger partial charge in [-0.25, -0.2) is 0 Å². The molecule has 0 saturated carbocycles. The summed E-state index contributed by atoms with van der Waals surface area (Å²) in [5, 5.41) is 7.14. The predicted octanol–water partition coefficient (Wildman–Crippen LogP) is 32.9. The van der Waals surface area contributed by atoms with Crippen LogP contribution in [-0.4, -0.2) is 158 Å². The second kappa shape index (κ2) is 61.9. The van der Waals surface area contributed by atoms with E-state index < -0.39 is 0 Å². The Kier molecular flexibility index (Phi) is 54.1. The summed E-state index contributed by atoms with van der Waals surface area (Å²) in [4.78, 5) is 18.7. The van der Waals surface area contributed by atoms with Crippen LogP contribution in [0.15, 0.2) is 194 Å². The first-order chi connectivity index (χ1) is 64.9. The van der Waals surface area contributed by atoms with Gasteiger partial charge in [-0.15, -0.1) is 0 Å². The van der Waals surface area contributed by atoms with Crippen LogP contribution < -0.4 is 10.6 Å². The Morgan fingerprint density at radius 2 is 0.781 bits per heavy atom. The molecule has 0 bridgehead atoms. The molecule has 0 aromatic heterocycles. The van der Waals surface area contributed by atoms with Crippen LogP contribution in [0.5, 0.6) is 0 Å². The van der Waals surface area contributed by atoms with Crippen molar-refractivity contribution in [3.63, 3.8) is 0 Å². The van der Waals surface area contributed by atoms with Gasteiger partial charge in [0, 0.05) is 141 Å². The van der Waals surface area contributed by atoms with Crippen molar-refractivity contribution in [2.45, 2.75) is 473 Å². The van der Waals surface area contributed by atoms with E-state index in [1.807, 2.05) is 0 Å². The number of benzene rings is 7. The van der Waals surface area contributed by atoms with E-state index >= 15 is 0 Å². The molecule has 7 aromatic carbocycles. The molecular weight excluding hydrogens is 1660 g/mol. The van der Waals surface area contributed by atoms with Crippen molar-refractivity contribution in [1.29, 1.82) is 0 Å². The van der Waals surface area contributed by atoms with Crippen LogP contribution in [0.25, 0.3) is 0 Å². The largest absolute Gasteiger partial charge is 0.383 e. The minimum absolute atomic E-state index is 0.500. The number of rotatable bonds is 27. The monoisotopic (exact) mass is 1880 g/mol. The van der Waals surface area contributed by atoms with Gasteiger partial charge in [-0.05, 0) is 335 Å². The van der Waals surface area contributed by atoms with Crippen LogP contribution in [0.4, 0.5) is 5.69 Å². The molecule has 2 N–H and O–H groups in total. The quantitative estimate of drug-likeness (QED) is 0.0524. The van der Waals surface area contributed by atoms with Gasteiger partial charge < -0.3 is 15.5 Å². The van der Waals surface area contributed by atoms with Crippen LogP contribution in [0.1, 0.15) is 406 Å². The Morgan fingerprint density at radius 3 is 1.21 bits per heavy atom. The van der Waals surface area contributed by atoms with Crippen molar-refractivity contribution < 1.29 is 0 Å². The van der Waals surface area contributed by atoms with E-state index in [1.165, 1.54) is 162 Å². The molecule has 1 unspecified atom stereocenters. The van der Waals surface area contributed by atoms with E-state index in [1.54, 1.807) is 16.7 Å². The summed E-state index contributed by atoms with van der Waals surface area (Å²) >= 11 is 0. The molecule has 7 aliphatic heterocycles. The first kappa shape index (κ1) is 120. The first-order valence-corrected chi connectivity index (χ1v) is 56.2. The topological polar surface area (TPSA) is 46.7 Å². The number of nitrogens with zero attached hydrogens (tertiary/aromatic N) is 7. The number of piperidine rings is 2. The lowest BCUT2D eigenvalue weighted by Gasteiger charge is -2.42. The average Bonchev–Trinajstić information content (AvgIpc) is 1.76. The predicted molar refractivity (Wildman–Crippen MR) is 605 cm³/mol. The molecule has 11 atom stereocenters. The minimum Gasteiger partial charge on any atom is -0.383 e. The summed E-state index contributed by atoms with van der Waals surface area (Å²) < 4.78 is 0. The van der Waals surface area contributed by atoms with Crippen molar-refractivity contribution >= 4 is 5.69 Å². The standard InChI is InChI=1S/3C16H25N.C16H27N.2C15H23N.C12H19N.2C11H23N/c1-12(2)16-10-15(11-17(16)13(3)4)14-8-6-5-7-9-14;2*1-12(2)15-10-11-16(17(15)13(3)4)14-8-6-5-7-9-14;1-13(2)10-11-16(17-14(3)4)12-15-8-6-5-7-9-15;1-11(2)15-9-13-7-5-6-8-14(13)10-16(15)12(3)4;1-11(2)15-14-8-6-5-7-13(14)9-10-16(15)12(3)4;1-9(2)11-7-5-6-8-12(11)13-10(3)4;1-9(2)11-6-5-7-12(8-11)10(3)4;1-9(2)11-7-5-6-8-12(11)10(3)4/h3*5-9,12-13,15-16H,10-11H2,1-4H3;5-9,13-14,16-17H,10-12H2,1-4H3;2*5-8,11-12,15H,9-10H2,1-4H3;5-10,13H,1-4H3;2*9-11H,5-8H2,1-4H3/t3*15-,16+;16-;2*15-;;;11-/m110010..1/s1. The normalized spacial score (nSPS) is 22.1. The third-order valence-electron chi connectivity index (χ3n) is 30.8. The molecule has 0 amide bonds. The number of hydrogen-bond donors (Lipinski definition) is 2. The number of hydrogen-bond acceptors (Lipinski definition) is 9. The fraction of sp³-hybridized carbons (Fsp3) is 0.672. The summed E-state index contributed by atoms with van der Waals surface area (Å²) in [7, 11) is 0. The summed E-state index contributed by atoms with van der Waals surface area (Å²) in [6.07, 6.45) is 19.9. The number of likely N-dealkylation sites (tertiary alicyclic amines) is 5. The van der Waals surface area contributed by atoms with Crippen LogP contribution in [0.3, 0.4) is 0 Å². The minimum atomic E-state index is 0.500. The molecular formula is C128H213N9. The summed E-state index contributed by atoms with van der Waals surface area (Å²) in [5.41, 5.74) is 14.8. The van der Waals surface area contributed by atoms with Gasteiger partial charge in [0.25, 0.3) is 0 Å². The number of para-hydroxylation sites is 1. The highest BCUT2D eigenvalue weighted by Gasteiger charge is 2.41. The van der Waals surface area contributed by atoms with Gasteiger partial charge in [-0.1, -0.05) is 333 Å². The Labute approximate surface area is 848 Å². The van der Waals surface area contributed by atoms with Crippen LogP contribution in [0, 0.1) is 53.3 Å². The Bertz CT molecular complexity index is 4060. The second-order valence-corrected chi connectivity index (χ2v) is 47.8. The van der Waals surface area contributed by atoms with Crippen molar-refractivity contribution in [3.8, 4) is 0 Å². The summed E-state index contributed by atoms with van der Waals surface area (Å²) in [6.45, 7) is 90.7. The van der Waals surface area contributed by atoms with Gasteiger partial charge in [0.2, 0.25) is 0 Å². The highest BCUT2D eigenvalue weighted by Crippen LogP contribution is 2.44. The molecule has 5 saturated heterocycles. The second-order valence-electron chi connectivity index (χ2n) is 47.8. The number of nitrogens with one attached hydrogen (secondary N) is 2. The van der Waals surface area contributed by atoms with Gasteiger partial charge in [0.05, 0.1) is 0 Å². The zero-order chi connectivity index (χ0) is 101. The highest BCUT2D eigenvalue weighted by molar-refractivity contribution is 5.53. The van der Waals surface area contributed by atoms with Gasteiger partial charge >= 0.3 is 0 Å². The van der Waals surface area contributed by atoms with Gasteiger partial charge in [-0.3, -0.25) is 29.4 Å². The van der Waals surface area contributed by atoms with Crippen LogP contribution in [-0.2, 0) is 25.8 Å². The molecule has 137 heavy (non-hydrogen) atoms. The molecule has 7 aliphatic rings. The fourth-order valence-electron chi connectivity index (χ4n) is 23.4. The Morgan fingerprint density at radius 1 is 0.321 bits per heavy atom. The van der Waals surface area contributed by atoms with E-state index in [0.29, 0.717) is 84.3 Å². The molecule has 9 heteroatoms. The molecule has 9 nitrogen and oxygen atoms in total. The van der Waals surface area contributed by atoms with Crippen molar-refractivity contribution in [1.82, 2.24) is 39.6 Å². The highest BCUT2D eigenvalue weighted by atomic mass is 15.3. The molecule has 7 aromatic rings. The zero-order valence-electron chi connectivity index (χ0n) is 95.2. The maximum atomic E-state index is 3.68. The average molecular weight is 1880 g/mol. The van der Waals surface area contributed by atoms with Gasteiger partial charge in [0.1, 0.15) is 0 Å². The van der Waals surface area contributed by atoms with Crippen molar-refractivity contribution in [2.24, 2.45) is 53.3 Å². The zero-order valence-corrected chi connectivity index (χ0v) is 95.2. The fourth-order valence-corrected chi connectivity index (χ4v) is 23.4. The van der Waals surface area contributed by atoms with E-state index in [-0.39, 0.29) is 0 Å². The Hall–Kier alpha value is -5.98. The molecule has 0 spiro atoms. The smallest absolute Gasteiger partial charge is 0.0377 e. The van der Waals surface area contributed by atoms with E-state index in [4.69, 9.17) is 0 Å². The maximum absolute atomic E-state index is 3.68. The lowest BCUT2D eigenvalue weighted by molar-refractivity contribution is 0.0808. The first-order valence-electron chi connectivity index (χ1n) is 56.2. The SMILES string of the molecule is CC(C)C1CCCN(C(C)C)C1.CC(C)CC[C@@H](Cc1ccccc1)NC(C)C.CC(C)Nc1ccccc1C(C)C.CC(C)[C@@H]1CC[C@H](c2ccccc2)N1C(C)C.CC(C)[C@@H]1C[C@@H](c2ccccc2)CN1C(C)C.CC(C)[C@H]1CCCCN1C(C)C.CC(C)[C@H]1CC[C@@H](c2ccccc2)N1C(C)C.CC(C)[C@H]1Cc2ccccc2CN1C(C)C.CC(C)[C@H]1c2ccccc2CCN1C(C)C. The van der Waals surface area contributed by atoms with Gasteiger partial charge in [-0.2, -0.15) is 0 Å². The molecule has 770 valence electrons. The Balaban J connectivity index is 0.000000237. The van der Waals surface area contributed by atoms with E-state index in [2.05, 4.69) is 488 Å². The molecule has 0 aliphatic carbocycles. The van der Waals surface area contributed by atoms with Crippen LogP contribution >= 0.6 is 0 Å². The van der Waals surface area contributed by atoms with Crippen molar-refractivity contribution in [2.75, 3.05) is 38.0 Å². The van der Waals surface area contributed by atoms with Gasteiger partial charge in [0.15, 0.2) is 0 Å². The molecule has 5 fully saturated rings. The maximum Gasteiger partial charge on any atom is 0.0377 e. The molecule has 14 rings (SSSR count). The van der Waals surface area contributed by atoms with E-state index in [9.17, 15) is 0 Å². The number of fused-ring (bicyclic) bond motifs is 2. The molecule has 7 heterocycles. The summed E-state index contributed by atoms with van der Waals surface area (Å²) in [6, 6.07) is 82.2. The lowest BCUT2D eigenvalue weighted by atomic mass is 9.85. The van der Waals surface area contributed by atoms with Crippen LogP contribution in [0.2, 0.25) is 0 Å². The van der Waals surface area contributed by atoms with E-state index in [0.717, 1.165) is 102 Å². The third-order valence-corrected chi connectivity index (χ3v) is 30.8. The third kappa shape index (κ3) is 39.6. The number of anilines is 1. The summed E-state index contributed by atoms with van der Waals surface area (Å²) in [5.74, 6) is 8.43. The lowest BCUT2D eigenvalue weighted by Crippen LogP contribution is -2.47. The molecule has 0 radical (unpaired) electrons.